The van der Waals surface area contributed by atoms with Crippen LogP contribution in [-0.4, -0.2) is 65.5 Å². The Morgan fingerprint density at radius 3 is 1.12 bits per heavy atom. The number of rotatable bonds is 9. The summed E-state index contributed by atoms with van der Waals surface area (Å²) in [4.78, 5) is 16.3. The van der Waals surface area contributed by atoms with Crippen molar-refractivity contribution < 1.29 is 18.4 Å². The molecule has 0 radical (unpaired) electrons. The molecule has 2 aliphatic rings. The summed E-state index contributed by atoms with van der Waals surface area (Å²) in [6.45, 7) is 15.1. The van der Waals surface area contributed by atoms with Crippen LogP contribution in [0, 0.1) is 0 Å². The van der Waals surface area contributed by atoms with Crippen molar-refractivity contribution in [3.05, 3.63) is 121 Å². The topological polar surface area (TPSA) is 48.0 Å². The van der Waals surface area contributed by atoms with Crippen LogP contribution in [0.2, 0.25) is 10.1 Å². The maximum absolute atomic E-state index is 14.0. The first-order chi connectivity index (χ1) is 22.9. The number of carbonyl (C=O) groups excluding carboxylic acids is 1. The molecule has 0 spiro atoms. The standard InChI is InChI=1S/C41H51NO4Si2/c1-39(2,3)47(34-20-12-8-13-21-34,35-22-14-9-15-23-35)45-32-28-41(38(43)44-7)29-33(31-42(41)30-32)46-48(40(4,5)6,36-24-16-10-17-25-36)37-26-18-11-19-27-37/h8-27,32-33H,28-31H2,1-7H3. The lowest BCUT2D eigenvalue weighted by Gasteiger charge is -2.45. The molecule has 252 valence electrons. The maximum Gasteiger partial charge on any atom is 0.326 e. The first-order valence-electron chi connectivity index (χ1n) is 17.3. The van der Waals surface area contributed by atoms with Gasteiger partial charge in [0.2, 0.25) is 0 Å². The Hall–Kier alpha value is -3.34. The molecule has 2 aliphatic heterocycles. The van der Waals surface area contributed by atoms with Gasteiger partial charge in [-0.3, -0.25) is 9.69 Å². The molecule has 7 heteroatoms. The molecule has 4 aromatic carbocycles. The van der Waals surface area contributed by atoms with Gasteiger partial charge in [0.15, 0.2) is 0 Å². The van der Waals surface area contributed by atoms with Crippen molar-refractivity contribution >= 4 is 43.4 Å². The minimum absolute atomic E-state index is 0.135. The Bertz CT molecular complexity index is 1480. The fraction of sp³-hybridized carbons (Fsp3) is 0.390. The predicted molar refractivity (Wildman–Crippen MR) is 201 cm³/mol. The summed E-state index contributed by atoms with van der Waals surface area (Å²) in [7, 11) is -4.11. The Balaban J connectivity index is 1.37. The van der Waals surface area contributed by atoms with E-state index in [9.17, 15) is 4.79 Å². The van der Waals surface area contributed by atoms with E-state index in [-0.39, 0.29) is 28.3 Å². The molecule has 48 heavy (non-hydrogen) atoms. The van der Waals surface area contributed by atoms with Crippen LogP contribution in [0.25, 0.3) is 0 Å². The van der Waals surface area contributed by atoms with E-state index < -0.39 is 22.2 Å². The van der Waals surface area contributed by atoms with Gasteiger partial charge in [-0.1, -0.05) is 163 Å². The predicted octanol–water partition coefficient (Wildman–Crippen LogP) is 5.90. The third-order valence-electron chi connectivity index (χ3n) is 10.7. The second kappa shape index (κ2) is 13.2. The Morgan fingerprint density at radius 1 is 0.583 bits per heavy atom. The third-order valence-corrected chi connectivity index (χ3v) is 20.9. The number of fused-ring (bicyclic) bond motifs is 1. The van der Waals surface area contributed by atoms with Gasteiger partial charge in [-0.2, -0.15) is 0 Å². The van der Waals surface area contributed by atoms with Crippen LogP contribution in [0.15, 0.2) is 121 Å². The summed E-state index contributed by atoms with van der Waals surface area (Å²) in [5.41, 5.74) is -0.805. The summed E-state index contributed by atoms with van der Waals surface area (Å²) in [6.07, 6.45) is 0.878. The molecule has 2 fully saturated rings. The first kappa shape index (κ1) is 34.5. The molecular weight excluding hydrogens is 627 g/mol. The zero-order chi connectivity index (χ0) is 34.2. The summed E-state index contributed by atoms with van der Waals surface area (Å²) in [5, 5.41) is 4.67. The van der Waals surface area contributed by atoms with Crippen molar-refractivity contribution in [1.82, 2.24) is 4.90 Å². The van der Waals surface area contributed by atoms with E-state index in [4.69, 9.17) is 13.6 Å². The van der Waals surface area contributed by atoms with Crippen LogP contribution in [0.1, 0.15) is 54.4 Å². The second-order valence-electron chi connectivity index (χ2n) is 15.6. The van der Waals surface area contributed by atoms with E-state index >= 15 is 0 Å². The minimum Gasteiger partial charge on any atom is -0.468 e. The number of hydrogen-bond acceptors (Lipinski definition) is 5. The van der Waals surface area contributed by atoms with Crippen LogP contribution in [0.4, 0.5) is 0 Å². The van der Waals surface area contributed by atoms with Gasteiger partial charge in [-0.05, 0) is 30.8 Å². The van der Waals surface area contributed by atoms with Gasteiger partial charge in [-0.25, -0.2) is 0 Å². The molecule has 6 rings (SSSR count). The fourth-order valence-corrected chi connectivity index (χ4v) is 18.0. The van der Waals surface area contributed by atoms with E-state index in [0.717, 1.165) is 0 Å². The number of benzene rings is 4. The molecule has 0 amide bonds. The molecule has 0 aliphatic carbocycles. The smallest absolute Gasteiger partial charge is 0.326 e. The van der Waals surface area contributed by atoms with Crippen LogP contribution < -0.4 is 20.7 Å². The molecule has 4 aromatic rings. The molecule has 2 unspecified atom stereocenters. The number of hydrogen-bond donors (Lipinski definition) is 0. The number of nitrogens with zero attached hydrogens (tertiary/aromatic N) is 1. The van der Waals surface area contributed by atoms with Gasteiger partial charge in [0.05, 0.1) is 19.3 Å². The monoisotopic (exact) mass is 677 g/mol. The lowest BCUT2D eigenvalue weighted by atomic mass is 9.93. The molecule has 0 saturated carbocycles. The van der Waals surface area contributed by atoms with Gasteiger partial charge in [0.25, 0.3) is 16.6 Å². The van der Waals surface area contributed by atoms with Gasteiger partial charge in [-0.15, -0.1) is 0 Å². The first-order valence-corrected chi connectivity index (χ1v) is 21.1. The normalized spacial score (nSPS) is 22.0. The summed E-state index contributed by atoms with van der Waals surface area (Å²) < 4.78 is 20.8. The van der Waals surface area contributed by atoms with Crippen molar-refractivity contribution in [2.45, 2.75) is 82.2 Å². The Kier molecular flexibility index (Phi) is 9.48. The number of esters is 1. The highest BCUT2D eigenvalue weighted by atomic mass is 28.4. The quantitative estimate of drug-likeness (QED) is 0.163. The average molecular weight is 678 g/mol. The Labute approximate surface area is 289 Å². The number of ether oxygens (including phenoxy) is 1. The van der Waals surface area contributed by atoms with Crippen molar-refractivity contribution in [2.24, 2.45) is 0 Å². The molecule has 0 bridgehead atoms. The van der Waals surface area contributed by atoms with E-state index in [1.54, 1.807) is 0 Å². The van der Waals surface area contributed by atoms with Gasteiger partial charge in [0.1, 0.15) is 5.54 Å². The highest BCUT2D eigenvalue weighted by Gasteiger charge is 2.62. The fourth-order valence-electron chi connectivity index (χ4n) is 8.67. The lowest BCUT2D eigenvalue weighted by Crippen LogP contribution is -2.68. The molecule has 2 heterocycles. The maximum atomic E-state index is 14.0. The highest BCUT2D eigenvalue weighted by Crippen LogP contribution is 2.47. The zero-order valence-electron chi connectivity index (χ0n) is 29.6. The molecule has 0 N–H and O–H groups in total. The molecule has 2 saturated heterocycles. The van der Waals surface area contributed by atoms with Crippen LogP contribution in [-0.2, 0) is 18.4 Å². The molecule has 5 nitrogen and oxygen atoms in total. The van der Waals surface area contributed by atoms with E-state index in [2.05, 4.69) is 168 Å². The van der Waals surface area contributed by atoms with Crippen molar-refractivity contribution in [2.75, 3.05) is 20.2 Å². The number of methoxy groups -OCH3 is 1. The molecule has 2 atom stereocenters. The van der Waals surface area contributed by atoms with E-state index in [0.29, 0.717) is 25.9 Å². The number of carbonyl (C=O) groups is 1. The molecule has 0 aromatic heterocycles. The summed E-state index contributed by atoms with van der Waals surface area (Å²) >= 11 is 0. The van der Waals surface area contributed by atoms with Gasteiger partial charge in [0, 0.05) is 25.9 Å². The van der Waals surface area contributed by atoms with Crippen LogP contribution >= 0.6 is 0 Å². The zero-order valence-corrected chi connectivity index (χ0v) is 31.6. The second-order valence-corrected chi connectivity index (χ2v) is 24.1. The minimum atomic E-state index is -2.81. The SMILES string of the molecule is COC(=O)C12CC(O[Si](c3ccccc3)(c3ccccc3)C(C)(C)C)CN1CC(O[Si](c1ccccc1)(c1ccccc1)C(C)(C)C)C2. The van der Waals surface area contributed by atoms with Crippen molar-refractivity contribution in [1.29, 1.82) is 0 Å². The van der Waals surface area contributed by atoms with Crippen LogP contribution in [0.5, 0.6) is 0 Å². The summed E-state index contributed by atoms with van der Waals surface area (Å²) in [6, 6.07) is 43.0. The van der Waals surface area contributed by atoms with Gasteiger partial charge < -0.3 is 13.6 Å². The average Bonchev–Trinajstić information content (AvgIpc) is 3.60. The van der Waals surface area contributed by atoms with Crippen molar-refractivity contribution in [3.8, 4) is 0 Å². The summed E-state index contributed by atoms with van der Waals surface area (Å²) in [5.74, 6) is -0.190. The van der Waals surface area contributed by atoms with Crippen LogP contribution in [0.3, 0.4) is 0 Å². The van der Waals surface area contributed by atoms with Gasteiger partial charge >= 0.3 is 5.97 Å². The highest BCUT2D eigenvalue weighted by molar-refractivity contribution is 7.00. The van der Waals surface area contributed by atoms with E-state index in [1.807, 2.05) is 0 Å². The lowest BCUT2D eigenvalue weighted by molar-refractivity contribution is -0.152. The van der Waals surface area contributed by atoms with Crippen molar-refractivity contribution in [3.63, 3.8) is 0 Å². The largest absolute Gasteiger partial charge is 0.468 e. The third kappa shape index (κ3) is 5.83. The van der Waals surface area contributed by atoms with E-state index in [1.165, 1.54) is 27.9 Å². The Morgan fingerprint density at radius 2 is 0.875 bits per heavy atom. The molecular formula is C41H51NO4Si2.